The SMILES string of the molecule is O=C1CC2=CNCCC2S1. The molecule has 0 spiro atoms. The van der Waals surface area contributed by atoms with Gasteiger partial charge in [-0.05, 0) is 18.2 Å². The summed E-state index contributed by atoms with van der Waals surface area (Å²) in [5.41, 5.74) is 1.29. The third kappa shape index (κ3) is 0.944. The molecule has 0 aliphatic carbocycles. The van der Waals surface area contributed by atoms with E-state index in [1.54, 1.807) is 0 Å². The first-order valence-electron chi connectivity index (χ1n) is 3.48. The predicted octanol–water partition coefficient (Wildman–Crippen LogP) is 0.896. The fourth-order valence-electron chi connectivity index (χ4n) is 1.36. The minimum Gasteiger partial charge on any atom is -0.391 e. The summed E-state index contributed by atoms with van der Waals surface area (Å²) in [5.74, 6) is 0. The molecular formula is C7H9NOS. The van der Waals surface area contributed by atoms with E-state index in [4.69, 9.17) is 0 Å². The molecule has 0 aromatic rings. The molecule has 1 unspecified atom stereocenters. The van der Waals surface area contributed by atoms with Crippen LogP contribution in [0.25, 0.3) is 0 Å². The fraction of sp³-hybridized carbons (Fsp3) is 0.571. The van der Waals surface area contributed by atoms with E-state index in [-0.39, 0.29) is 0 Å². The molecule has 10 heavy (non-hydrogen) atoms. The molecule has 0 bridgehead atoms. The normalized spacial score (nSPS) is 31.0. The van der Waals surface area contributed by atoms with Crippen LogP contribution < -0.4 is 5.32 Å². The Morgan fingerprint density at radius 3 is 3.40 bits per heavy atom. The minimum absolute atomic E-state index is 0.333. The van der Waals surface area contributed by atoms with Crippen LogP contribution in [0.1, 0.15) is 12.8 Å². The molecule has 1 fully saturated rings. The van der Waals surface area contributed by atoms with Gasteiger partial charge in [0.15, 0.2) is 5.12 Å². The molecule has 54 valence electrons. The molecule has 2 heterocycles. The van der Waals surface area contributed by atoms with Crippen molar-refractivity contribution in [2.75, 3.05) is 6.54 Å². The first kappa shape index (κ1) is 6.28. The molecule has 2 aliphatic heterocycles. The van der Waals surface area contributed by atoms with E-state index >= 15 is 0 Å². The quantitative estimate of drug-likeness (QED) is 0.563. The molecule has 1 N–H and O–H groups in total. The molecule has 3 heteroatoms. The maximum absolute atomic E-state index is 10.9. The first-order valence-corrected chi connectivity index (χ1v) is 4.36. The number of rotatable bonds is 0. The Bertz CT molecular complexity index is 200. The first-order chi connectivity index (χ1) is 4.86. The van der Waals surface area contributed by atoms with E-state index in [0.717, 1.165) is 13.0 Å². The second-order valence-corrected chi connectivity index (χ2v) is 3.88. The highest BCUT2D eigenvalue weighted by Crippen LogP contribution is 2.35. The van der Waals surface area contributed by atoms with E-state index < -0.39 is 0 Å². The van der Waals surface area contributed by atoms with E-state index in [1.807, 2.05) is 6.20 Å². The topological polar surface area (TPSA) is 29.1 Å². The van der Waals surface area contributed by atoms with Crippen LogP contribution in [0.5, 0.6) is 0 Å². The van der Waals surface area contributed by atoms with Crippen LogP contribution in [0.4, 0.5) is 0 Å². The molecule has 2 aliphatic rings. The van der Waals surface area contributed by atoms with Crippen molar-refractivity contribution in [3.05, 3.63) is 11.8 Å². The third-order valence-electron chi connectivity index (χ3n) is 1.87. The molecule has 0 radical (unpaired) electrons. The number of thioether (sulfide) groups is 1. The average molecular weight is 155 g/mol. The van der Waals surface area contributed by atoms with Crippen molar-refractivity contribution >= 4 is 16.9 Å². The van der Waals surface area contributed by atoms with Gasteiger partial charge in [0.05, 0.1) is 0 Å². The Balaban J connectivity index is 2.20. The lowest BCUT2D eigenvalue weighted by molar-refractivity contribution is -0.110. The van der Waals surface area contributed by atoms with Gasteiger partial charge in [-0.1, -0.05) is 11.8 Å². The average Bonchev–Trinajstić information content (AvgIpc) is 2.27. The van der Waals surface area contributed by atoms with Crippen molar-refractivity contribution in [3.63, 3.8) is 0 Å². The zero-order valence-corrected chi connectivity index (χ0v) is 6.41. The summed E-state index contributed by atoms with van der Waals surface area (Å²) >= 11 is 1.50. The van der Waals surface area contributed by atoms with Crippen molar-refractivity contribution in [1.82, 2.24) is 5.32 Å². The number of carbonyl (C=O) groups excluding carboxylic acids is 1. The van der Waals surface area contributed by atoms with Gasteiger partial charge in [-0.3, -0.25) is 4.79 Å². The van der Waals surface area contributed by atoms with Gasteiger partial charge in [0.2, 0.25) is 0 Å². The maximum Gasteiger partial charge on any atom is 0.193 e. The van der Waals surface area contributed by atoms with Crippen LogP contribution in [0.2, 0.25) is 0 Å². The molecule has 1 saturated heterocycles. The largest absolute Gasteiger partial charge is 0.391 e. The standard InChI is InChI=1S/C7H9NOS/c9-7-3-5-4-8-2-1-6(5)10-7/h4,6,8H,1-3H2. The molecule has 1 atom stereocenters. The molecule has 0 aromatic heterocycles. The molecule has 2 nitrogen and oxygen atoms in total. The molecular weight excluding hydrogens is 146 g/mol. The van der Waals surface area contributed by atoms with Gasteiger partial charge in [0.25, 0.3) is 0 Å². The number of nitrogens with one attached hydrogen (secondary N) is 1. The number of hydrogen-bond acceptors (Lipinski definition) is 3. The van der Waals surface area contributed by atoms with Crippen molar-refractivity contribution < 1.29 is 4.79 Å². The second kappa shape index (κ2) is 2.31. The highest BCUT2D eigenvalue weighted by molar-refractivity contribution is 8.14. The smallest absolute Gasteiger partial charge is 0.193 e. The van der Waals surface area contributed by atoms with Crippen LogP contribution >= 0.6 is 11.8 Å². The summed E-state index contributed by atoms with van der Waals surface area (Å²) < 4.78 is 0. The summed E-state index contributed by atoms with van der Waals surface area (Å²) in [7, 11) is 0. The number of fused-ring (bicyclic) bond motifs is 1. The molecule has 2 rings (SSSR count). The van der Waals surface area contributed by atoms with Crippen LogP contribution in [-0.4, -0.2) is 16.9 Å². The molecule has 0 aromatic carbocycles. The van der Waals surface area contributed by atoms with Gasteiger partial charge >= 0.3 is 0 Å². The fourth-order valence-corrected chi connectivity index (χ4v) is 2.47. The number of carbonyl (C=O) groups is 1. The van der Waals surface area contributed by atoms with Gasteiger partial charge in [-0.25, -0.2) is 0 Å². The Kier molecular flexibility index (Phi) is 1.45. The van der Waals surface area contributed by atoms with E-state index in [1.165, 1.54) is 17.3 Å². The van der Waals surface area contributed by atoms with E-state index in [9.17, 15) is 4.79 Å². The highest BCUT2D eigenvalue weighted by atomic mass is 32.2. The van der Waals surface area contributed by atoms with Crippen LogP contribution in [0.3, 0.4) is 0 Å². The van der Waals surface area contributed by atoms with Gasteiger partial charge in [-0.15, -0.1) is 0 Å². The second-order valence-electron chi connectivity index (χ2n) is 2.62. The summed E-state index contributed by atoms with van der Waals surface area (Å²) in [6, 6.07) is 0. The van der Waals surface area contributed by atoms with Crippen LogP contribution in [0, 0.1) is 0 Å². The van der Waals surface area contributed by atoms with E-state index in [2.05, 4.69) is 5.32 Å². The third-order valence-corrected chi connectivity index (χ3v) is 3.10. The Morgan fingerprint density at radius 1 is 1.70 bits per heavy atom. The summed E-state index contributed by atoms with van der Waals surface area (Å²) in [6.45, 7) is 1.02. The van der Waals surface area contributed by atoms with Crippen LogP contribution in [-0.2, 0) is 4.79 Å². The lowest BCUT2D eigenvalue weighted by Gasteiger charge is -2.15. The monoisotopic (exact) mass is 155 g/mol. The van der Waals surface area contributed by atoms with Gasteiger partial charge in [0, 0.05) is 18.2 Å². The van der Waals surface area contributed by atoms with Crippen molar-refractivity contribution in [2.24, 2.45) is 0 Å². The zero-order chi connectivity index (χ0) is 6.97. The lowest BCUT2D eigenvalue weighted by Crippen LogP contribution is -2.20. The molecule has 0 saturated carbocycles. The minimum atomic E-state index is 0.333. The Morgan fingerprint density at radius 2 is 2.60 bits per heavy atom. The zero-order valence-electron chi connectivity index (χ0n) is 5.59. The Hall–Kier alpha value is -0.440. The molecule has 0 amide bonds. The van der Waals surface area contributed by atoms with Crippen molar-refractivity contribution in [1.29, 1.82) is 0 Å². The summed E-state index contributed by atoms with van der Waals surface area (Å²) in [4.78, 5) is 10.9. The van der Waals surface area contributed by atoms with Gasteiger partial charge in [0.1, 0.15) is 0 Å². The summed E-state index contributed by atoms with van der Waals surface area (Å²) in [5, 5.41) is 3.99. The van der Waals surface area contributed by atoms with Crippen LogP contribution in [0.15, 0.2) is 11.8 Å². The lowest BCUT2D eigenvalue weighted by atomic mass is 10.1. The Labute approximate surface area is 64.1 Å². The number of hydrogen-bond donors (Lipinski definition) is 1. The van der Waals surface area contributed by atoms with E-state index in [0.29, 0.717) is 16.8 Å². The highest BCUT2D eigenvalue weighted by Gasteiger charge is 2.29. The van der Waals surface area contributed by atoms with Crippen molar-refractivity contribution in [3.8, 4) is 0 Å². The summed E-state index contributed by atoms with van der Waals surface area (Å²) in [6.07, 6.45) is 3.79. The maximum atomic E-state index is 10.9. The van der Waals surface area contributed by atoms with Crippen molar-refractivity contribution in [2.45, 2.75) is 18.1 Å². The van der Waals surface area contributed by atoms with Gasteiger partial charge in [-0.2, -0.15) is 0 Å². The van der Waals surface area contributed by atoms with Gasteiger partial charge < -0.3 is 5.32 Å². The predicted molar refractivity (Wildman–Crippen MR) is 41.7 cm³/mol.